The molecule has 3 aromatic rings. The van der Waals surface area contributed by atoms with Crippen LogP contribution in [0.15, 0.2) is 36.5 Å². The van der Waals surface area contributed by atoms with Crippen molar-refractivity contribution in [2.45, 2.75) is 6.92 Å². The van der Waals surface area contributed by atoms with Crippen LogP contribution in [0.2, 0.25) is 0 Å². The second-order valence-corrected chi connectivity index (χ2v) is 4.15. The van der Waals surface area contributed by atoms with E-state index in [4.69, 9.17) is 4.74 Å². The minimum atomic E-state index is -0.348. The summed E-state index contributed by atoms with van der Waals surface area (Å²) >= 11 is 0. The van der Waals surface area contributed by atoms with Gasteiger partial charge in [-0.1, -0.05) is 24.3 Å². The van der Waals surface area contributed by atoms with Gasteiger partial charge in [0, 0.05) is 11.6 Å². The molecular formula is C14H12N2O2. The molecule has 4 nitrogen and oxygen atoms in total. The van der Waals surface area contributed by atoms with Crippen molar-refractivity contribution in [1.82, 2.24) is 9.61 Å². The number of benzene rings is 1. The first-order valence-electron chi connectivity index (χ1n) is 5.67. The van der Waals surface area contributed by atoms with Gasteiger partial charge in [-0.15, -0.1) is 0 Å². The normalized spacial score (nSPS) is 11.0. The van der Waals surface area contributed by atoms with Crippen LogP contribution in [-0.4, -0.2) is 22.7 Å². The lowest BCUT2D eigenvalue weighted by molar-refractivity contribution is 0.0602. The molecule has 0 aliphatic rings. The number of hydrogen-bond acceptors (Lipinski definition) is 3. The molecule has 90 valence electrons. The standard InChI is InChI=1S/C14H12N2O2/c1-9-12(14(17)18-2)13-11-6-4-3-5-10(11)7-8-16(13)15-9/h3-8H,1-2H3. The van der Waals surface area contributed by atoms with Crippen LogP contribution in [0.5, 0.6) is 0 Å². The molecule has 0 N–H and O–H groups in total. The number of esters is 1. The molecule has 0 saturated heterocycles. The van der Waals surface area contributed by atoms with Crippen LogP contribution < -0.4 is 0 Å². The largest absolute Gasteiger partial charge is 0.465 e. The van der Waals surface area contributed by atoms with Gasteiger partial charge in [-0.05, 0) is 18.4 Å². The predicted molar refractivity (Wildman–Crippen MR) is 68.8 cm³/mol. The number of hydrogen-bond donors (Lipinski definition) is 0. The van der Waals surface area contributed by atoms with Crippen molar-refractivity contribution in [2.75, 3.05) is 7.11 Å². The molecule has 0 unspecified atom stereocenters. The van der Waals surface area contributed by atoms with Crippen LogP contribution in [0, 0.1) is 6.92 Å². The summed E-state index contributed by atoms with van der Waals surface area (Å²) in [7, 11) is 1.39. The first-order chi connectivity index (χ1) is 8.72. The molecule has 0 bridgehead atoms. The summed E-state index contributed by atoms with van der Waals surface area (Å²) in [5.41, 5.74) is 2.02. The van der Waals surface area contributed by atoms with Crippen LogP contribution in [-0.2, 0) is 4.74 Å². The first-order valence-corrected chi connectivity index (χ1v) is 5.67. The molecule has 0 amide bonds. The number of aryl methyl sites for hydroxylation is 1. The molecule has 0 saturated carbocycles. The number of ether oxygens (including phenoxy) is 1. The molecule has 2 heterocycles. The van der Waals surface area contributed by atoms with Gasteiger partial charge in [-0.25, -0.2) is 9.31 Å². The highest BCUT2D eigenvalue weighted by Gasteiger charge is 2.19. The van der Waals surface area contributed by atoms with Crippen molar-refractivity contribution in [2.24, 2.45) is 0 Å². The lowest BCUT2D eigenvalue weighted by Crippen LogP contribution is -2.02. The first kappa shape index (κ1) is 10.8. The van der Waals surface area contributed by atoms with Gasteiger partial charge in [0.2, 0.25) is 0 Å². The molecule has 4 heteroatoms. The highest BCUT2D eigenvalue weighted by molar-refractivity contribution is 6.08. The molecular weight excluding hydrogens is 228 g/mol. The van der Waals surface area contributed by atoms with Crippen LogP contribution in [0.25, 0.3) is 16.3 Å². The lowest BCUT2D eigenvalue weighted by atomic mass is 10.1. The molecule has 1 aromatic carbocycles. The van der Waals surface area contributed by atoms with Gasteiger partial charge in [0.1, 0.15) is 5.56 Å². The summed E-state index contributed by atoms with van der Waals surface area (Å²) in [5.74, 6) is -0.348. The highest BCUT2D eigenvalue weighted by atomic mass is 16.5. The Morgan fingerprint density at radius 2 is 2.06 bits per heavy atom. The van der Waals surface area contributed by atoms with E-state index >= 15 is 0 Å². The molecule has 18 heavy (non-hydrogen) atoms. The zero-order chi connectivity index (χ0) is 12.7. The maximum atomic E-state index is 11.9. The van der Waals surface area contributed by atoms with Crippen LogP contribution in [0.3, 0.4) is 0 Å². The smallest absolute Gasteiger partial charge is 0.342 e. The number of carbonyl (C=O) groups excluding carboxylic acids is 1. The van der Waals surface area contributed by atoms with Gasteiger partial charge < -0.3 is 4.74 Å². The maximum absolute atomic E-state index is 11.9. The summed E-state index contributed by atoms with van der Waals surface area (Å²) in [6, 6.07) is 9.90. The Balaban J connectivity index is 2.51. The fourth-order valence-electron chi connectivity index (χ4n) is 2.27. The Hall–Kier alpha value is -2.36. The van der Waals surface area contributed by atoms with E-state index in [9.17, 15) is 4.79 Å². The summed E-state index contributed by atoms with van der Waals surface area (Å²) < 4.78 is 6.57. The van der Waals surface area contributed by atoms with E-state index in [2.05, 4.69) is 5.10 Å². The monoisotopic (exact) mass is 240 g/mol. The number of rotatable bonds is 1. The lowest BCUT2D eigenvalue weighted by Gasteiger charge is -2.02. The number of methoxy groups -OCH3 is 1. The number of aromatic nitrogens is 2. The van der Waals surface area contributed by atoms with Crippen molar-refractivity contribution >= 4 is 22.3 Å². The molecule has 0 radical (unpaired) electrons. The highest BCUT2D eigenvalue weighted by Crippen LogP contribution is 2.25. The van der Waals surface area contributed by atoms with E-state index in [1.54, 1.807) is 4.52 Å². The summed E-state index contributed by atoms with van der Waals surface area (Å²) in [6.07, 6.45) is 1.86. The molecule has 0 atom stereocenters. The van der Waals surface area contributed by atoms with E-state index in [1.807, 2.05) is 43.5 Å². The number of pyridine rings is 1. The molecule has 0 aliphatic carbocycles. The van der Waals surface area contributed by atoms with Crippen LogP contribution >= 0.6 is 0 Å². The fourth-order valence-corrected chi connectivity index (χ4v) is 2.27. The van der Waals surface area contributed by atoms with Gasteiger partial charge in [-0.2, -0.15) is 5.10 Å². The Kier molecular flexibility index (Phi) is 2.30. The summed E-state index contributed by atoms with van der Waals surface area (Å²) in [5, 5.41) is 6.43. The molecule has 2 aromatic heterocycles. The van der Waals surface area contributed by atoms with E-state index in [0.29, 0.717) is 11.3 Å². The average Bonchev–Trinajstić information content (AvgIpc) is 2.74. The Labute approximate surface area is 104 Å². The number of carbonyl (C=O) groups is 1. The third-order valence-corrected chi connectivity index (χ3v) is 3.09. The fraction of sp³-hybridized carbons (Fsp3) is 0.143. The van der Waals surface area contributed by atoms with Crippen LogP contribution in [0.4, 0.5) is 0 Å². The summed E-state index contributed by atoms with van der Waals surface area (Å²) in [4.78, 5) is 11.9. The summed E-state index contributed by atoms with van der Waals surface area (Å²) in [6.45, 7) is 1.81. The molecule has 3 rings (SSSR count). The van der Waals surface area contributed by atoms with E-state index in [1.165, 1.54) is 7.11 Å². The molecule has 0 fully saturated rings. The molecule has 0 spiro atoms. The maximum Gasteiger partial charge on any atom is 0.342 e. The van der Waals surface area contributed by atoms with E-state index in [0.717, 1.165) is 16.3 Å². The Bertz CT molecular complexity index is 759. The van der Waals surface area contributed by atoms with Gasteiger partial charge in [0.25, 0.3) is 0 Å². The Morgan fingerprint density at radius 3 is 2.83 bits per heavy atom. The number of fused-ring (bicyclic) bond motifs is 3. The van der Waals surface area contributed by atoms with Crippen molar-refractivity contribution in [3.05, 3.63) is 47.8 Å². The second-order valence-electron chi connectivity index (χ2n) is 4.15. The van der Waals surface area contributed by atoms with E-state index in [-0.39, 0.29) is 5.97 Å². The average molecular weight is 240 g/mol. The van der Waals surface area contributed by atoms with Gasteiger partial charge in [0.05, 0.1) is 18.3 Å². The van der Waals surface area contributed by atoms with Crippen molar-refractivity contribution < 1.29 is 9.53 Å². The zero-order valence-electron chi connectivity index (χ0n) is 10.2. The second kappa shape index (κ2) is 3.84. The SMILES string of the molecule is COC(=O)c1c(C)nn2ccc3ccccc3c12. The van der Waals surface area contributed by atoms with Crippen LogP contribution in [0.1, 0.15) is 16.1 Å². The zero-order valence-corrected chi connectivity index (χ0v) is 10.2. The van der Waals surface area contributed by atoms with Crippen molar-refractivity contribution in [1.29, 1.82) is 0 Å². The minimum absolute atomic E-state index is 0.348. The third-order valence-electron chi connectivity index (χ3n) is 3.09. The topological polar surface area (TPSA) is 43.6 Å². The predicted octanol–water partition coefficient (Wildman–Crippen LogP) is 2.58. The van der Waals surface area contributed by atoms with Gasteiger partial charge in [0.15, 0.2) is 0 Å². The number of nitrogens with zero attached hydrogens (tertiary/aromatic N) is 2. The van der Waals surface area contributed by atoms with Gasteiger partial charge >= 0.3 is 5.97 Å². The quantitative estimate of drug-likeness (QED) is 0.614. The Morgan fingerprint density at radius 1 is 1.28 bits per heavy atom. The molecule has 0 aliphatic heterocycles. The minimum Gasteiger partial charge on any atom is -0.465 e. The van der Waals surface area contributed by atoms with Gasteiger partial charge in [-0.3, -0.25) is 0 Å². The van der Waals surface area contributed by atoms with Crippen molar-refractivity contribution in [3.63, 3.8) is 0 Å². The third kappa shape index (κ3) is 1.39. The van der Waals surface area contributed by atoms with Crippen molar-refractivity contribution in [3.8, 4) is 0 Å². The van der Waals surface area contributed by atoms with E-state index < -0.39 is 0 Å².